The number of amides is 2. The summed E-state index contributed by atoms with van der Waals surface area (Å²) in [5.41, 5.74) is 2.00. The summed E-state index contributed by atoms with van der Waals surface area (Å²) in [7, 11) is 0. The molecule has 1 aromatic carbocycles. The summed E-state index contributed by atoms with van der Waals surface area (Å²) in [5, 5.41) is 6.05. The van der Waals surface area contributed by atoms with Gasteiger partial charge < -0.3 is 15.5 Å². The van der Waals surface area contributed by atoms with E-state index in [1.165, 1.54) is 0 Å². The molecule has 0 spiro atoms. The van der Waals surface area contributed by atoms with Gasteiger partial charge in [0.2, 0.25) is 11.8 Å². The van der Waals surface area contributed by atoms with Crippen molar-refractivity contribution in [3.63, 3.8) is 0 Å². The molecule has 5 nitrogen and oxygen atoms in total. The van der Waals surface area contributed by atoms with Crippen molar-refractivity contribution in [1.82, 2.24) is 10.6 Å². The van der Waals surface area contributed by atoms with E-state index in [1.807, 2.05) is 45.0 Å². The zero-order valence-electron chi connectivity index (χ0n) is 16.0. The normalized spacial score (nSPS) is 20.8. The van der Waals surface area contributed by atoms with E-state index >= 15 is 0 Å². The molecule has 2 rings (SSSR count). The summed E-state index contributed by atoms with van der Waals surface area (Å²) in [6.45, 7) is 10.4. The first-order chi connectivity index (χ1) is 11.8. The molecule has 138 valence electrons. The van der Waals surface area contributed by atoms with E-state index in [-0.39, 0.29) is 35.9 Å². The Hall–Kier alpha value is -2.04. The van der Waals surface area contributed by atoms with Gasteiger partial charge >= 0.3 is 0 Å². The Labute approximate surface area is 151 Å². The molecule has 1 aliphatic heterocycles. The Morgan fingerprint density at radius 2 is 1.88 bits per heavy atom. The third-order valence-electron chi connectivity index (χ3n) is 4.81. The number of nitrogens with one attached hydrogen (secondary N) is 2. The lowest BCUT2D eigenvalue weighted by Crippen LogP contribution is -2.48. The van der Waals surface area contributed by atoms with Crippen molar-refractivity contribution in [3.05, 3.63) is 29.8 Å². The molecule has 0 saturated carbocycles. The van der Waals surface area contributed by atoms with Crippen molar-refractivity contribution in [2.45, 2.75) is 71.5 Å². The van der Waals surface area contributed by atoms with Crippen LogP contribution in [0.3, 0.4) is 0 Å². The first-order valence-corrected chi connectivity index (χ1v) is 9.28. The van der Waals surface area contributed by atoms with Gasteiger partial charge in [0.05, 0.1) is 12.5 Å². The van der Waals surface area contributed by atoms with Gasteiger partial charge in [-0.2, -0.15) is 0 Å². The average Bonchev–Trinajstić information content (AvgIpc) is 2.56. The van der Waals surface area contributed by atoms with Gasteiger partial charge in [0.1, 0.15) is 0 Å². The van der Waals surface area contributed by atoms with Crippen LogP contribution in [-0.2, 0) is 9.59 Å². The highest BCUT2D eigenvalue weighted by Crippen LogP contribution is 2.38. The summed E-state index contributed by atoms with van der Waals surface area (Å²) < 4.78 is 0. The van der Waals surface area contributed by atoms with Gasteiger partial charge in [0.25, 0.3) is 0 Å². The maximum Gasteiger partial charge on any atom is 0.239 e. The predicted octanol–water partition coefficient (Wildman–Crippen LogP) is 2.81. The Balaban J connectivity index is 2.24. The van der Waals surface area contributed by atoms with Gasteiger partial charge in [0.15, 0.2) is 0 Å². The van der Waals surface area contributed by atoms with Crippen LogP contribution < -0.4 is 15.5 Å². The lowest BCUT2D eigenvalue weighted by molar-refractivity contribution is -0.123. The lowest BCUT2D eigenvalue weighted by atomic mass is 9.85. The van der Waals surface area contributed by atoms with Crippen LogP contribution in [0.15, 0.2) is 24.3 Å². The van der Waals surface area contributed by atoms with Crippen molar-refractivity contribution in [3.8, 4) is 0 Å². The smallest absolute Gasteiger partial charge is 0.239 e. The Morgan fingerprint density at radius 3 is 2.52 bits per heavy atom. The minimum absolute atomic E-state index is 0.0131. The van der Waals surface area contributed by atoms with E-state index in [2.05, 4.69) is 29.4 Å². The molecular weight excluding hydrogens is 314 g/mol. The third kappa shape index (κ3) is 4.74. The van der Waals surface area contributed by atoms with Crippen LogP contribution in [0.25, 0.3) is 0 Å². The van der Waals surface area contributed by atoms with Crippen LogP contribution >= 0.6 is 0 Å². The zero-order chi connectivity index (χ0) is 18.6. The molecule has 5 heteroatoms. The number of fused-ring (bicyclic) bond motifs is 1. The van der Waals surface area contributed by atoms with Crippen molar-refractivity contribution < 1.29 is 9.59 Å². The van der Waals surface area contributed by atoms with E-state index < -0.39 is 0 Å². The summed E-state index contributed by atoms with van der Waals surface area (Å²) in [4.78, 5) is 27.1. The van der Waals surface area contributed by atoms with Gasteiger partial charge in [-0.1, -0.05) is 25.1 Å². The molecule has 0 aliphatic carbocycles. The molecule has 25 heavy (non-hydrogen) atoms. The number of para-hydroxylation sites is 1. The fourth-order valence-electron chi connectivity index (χ4n) is 3.33. The Kier molecular flexibility index (Phi) is 6.45. The molecule has 3 atom stereocenters. The molecule has 0 unspecified atom stereocenters. The Morgan fingerprint density at radius 1 is 1.20 bits per heavy atom. The zero-order valence-corrected chi connectivity index (χ0v) is 16.0. The number of hydrogen-bond acceptors (Lipinski definition) is 3. The molecule has 1 aliphatic rings. The second-order valence-corrected chi connectivity index (χ2v) is 7.36. The molecule has 0 radical (unpaired) electrons. The van der Waals surface area contributed by atoms with Crippen LogP contribution in [0.5, 0.6) is 0 Å². The van der Waals surface area contributed by atoms with E-state index in [4.69, 9.17) is 0 Å². The molecule has 0 aromatic heterocycles. The van der Waals surface area contributed by atoms with Crippen molar-refractivity contribution in [2.75, 3.05) is 11.4 Å². The number of carbonyl (C=O) groups is 2. The fraction of sp³-hybridized carbons (Fsp3) is 0.600. The van der Waals surface area contributed by atoms with Gasteiger partial charge in [-0.25, -0.2) is 0 Å². The highest BCUT2D eigenvalue weighted by molar-refractivity contribution is 5.88. The second kappa shape index (κ2) is 8.37. The second-order valence-electron chi connectivity index (χ2n) is 7.36. The minimum Gasteiger partial charge on any atom is -0.359 e. The molecule has 1 aromatic rings. The standard InChI is InChI=1S/C20H31N3O2/c1-6-14(4)22-20(25)17-11-15(5)23(12-19(24)21-13(2)3)18-10-8-7-9-16(17)18/h7-10,13-15,17H,6,11-12H2,1-5H3,(H,21,24)(H,22,25)/t14-,15+,17-/m0/s1. The topological polar surface area (TPSA) is 61.4 Å². The third-order valence-corrected chi connectivity index (χ3v) is 4.81. The molecule has 0 fully saturated rings. The minimum atomic E-state index is -0.162. The largest absolute Gasteiger partial charge is 0.359 e. The monoisotopic (exact) mass is 345 g/mol. The number of anilines is 1. The molecule has 1 heterocycles. The first kappa shape index (κ1) is 19.3. The average molecular weight is 345 g/mol. The highest BCUT2D eigenvalue weighted by Gasteiger charge is 2.35. The summed E-state index contributed by atoms with van der Waals surface area (Å²) >= 11 is 0. The summed E-state index contributed by atoms with van der Waals surface area (Å²) in [5.74, 6) is -0.0660. The Bertz CT molecular complexity index is 615. The molecular formula is C20H31N3O2. The van der Waals surface area contributed by atoms with Gasteiger partial charge in [-0.3, -0.25) is 9.59 Å². The van der Waals surface area contributed by atoms with Gasteiger partial charge in [-0.15, -0.1) is 0 Å². The van der Waals surface area contributed by atoms with E-state index in [0.29, 0.717) is 13.0 Å². The van der Waals surface area contributed by atoms with Crippen LogP contribution in [0.4, 0.5) is 5.69 Å². The van der Waals surface area contributed by atoms with Crippen LogP contribution in [-0.4, -0.2) is 36.5 Å². The van der Waals surface area contributed by atoms with E-state index in [9.17, 15) is 9.59 Å². The predicted molar refractivity (Wildman–Crippen MR) is 102 cm³/mol. The van der Waals surface area contributed by atoms with Crippen LogP contribution in [0.1, 0.15) is 58.9 Å². The maximum atomic E-state index is 12.7. The SMILES string of the molecule is CC[C@H](C)NC(=O)[C@H]1C[C@@H](C)N(CC(=O)NC(C)C)c2ccccc21. The molecule has 2 amide bonds. The molecule has 2 N–H and O–H groups in total. The fourth-order valence-corrected chi connectivity index (χ4v) is 3.33. The molecule has 0 saturated heterocycles. The van der Waals surface area contributed by atoms with Crippen molar-refractivity contribution in [2.24, 2.45) is 0 Å². The number of hydrogen-bond donors (Lipinski definition) is 2. The maximum absolute atomic E-state index is 12.7. The lowest BCUT2D eigenvalue weighted by Gasteiger charge is -2.40. The van der Waals surface area contributed by atoms with Crippen LogP contribution in [0, 0.1) is 0 Å². The van der Waals surface area contributed by atoms with Crippen molar-refractivity contribution >= 4 is 17.5 Å². The van der Waals surface area contributed by atoms with Crippen molar-refractivity contribution in [1.29, 1.82) is 0 Å². The van der Waals surface area contributed by atoms with Gasteiger partial charge in [0, 0.05) is 23.8 Å². The summed E-state index contributed by atoms with van der Waals surface area (Å²) in [6, 6.07) is 8.37. The van der Waals surface area contributed by atoms with E-state index in [1.54, 1.807) is 0 Å². The number of rotatable bonds is 6. The van der Waals surface area contributed by atoms with E-state index in [0.717, 1.165) is 17.7 Å². The number of nitrogens with zero attached hydrogens (tertiary/aromatic N) is 1. The highest BCUT2D eigenvalue weighted by atomic mass is 16.2. The first-order valence-electron chi connectivity index (χ1n) is 9.28. The molecule has 0 bridgehead atoms. The van der Waals surface area contributed by atoms with Gasteiger partial charge in [-0.05, 0) is 52.2 Å². The quantitative estimate of drug-likeness (QED) is 0.833. The number of benzene rings is 1. The van der Waals surface area contributed by atoms with Crippen LogP contribution in [0.2, 0.25) is 0 Å². The number of carbonyl (C=O) groups excluding carboxylic acids is 2. The summed E-state index contributed by atoms with van der Waals surface area (Å²) in [6.07, 6.45) is 1.63.